The molecule has 2 aromatic rings. The second-order valence-electron chi connectivity index (χ2n) is 5.74. The minimum Gasteiger partial charge on any atom is -0.449 e. The van der Waals surface area contributed by atoms with Gasteiger partial charge in [0.1, 0.15) is 0 Å². The highest BCUT2D eigenvalue weighted by Gasteiger charge is 2.30. The average molecular weight is 394 g/mol. The molecule has 148 valence electrons. The Kier molecular flexibility index (Phi) is 6.40. The number of alkyl halides is 3. The van der Waals surface area contributed by atoms with Crippen LogP contribution in [0.1, 0.15) is 22.8 Å². The van der Waals surface area contributed by atoms with Crippen LogP contribution in [0.15, 0.2) is 48.5 Å². The average Bonchev–Trinajstić information content (AvgIpc) is 2.67. The lowest BCUT2D eigenvalue weighted by Crippen LogP contribution is -2.43. The summed E-state index contributed by atoms with van der Waals surface area (Å²) in [6, 6.07) is 9.72. The third-order valence-corrected chi connectivity index (χ3v) is 3.79. The summed E-state index contributed by atoms with van der Waals surface area (Å²) in [6.07, 6.45) is -5.73. The predicted octanol–water partition coefficient (Wildman–Crippen LogP) is 3.37. The van der Waals surface area contributed by atoms with Gasteiger partial charge in [-0.2, -0.15) is 13.2 Å². The van der Waals surface area contributed by atoms with Gasteiger partial charge in [-0.3, -0.25) is 10.1 Å². The molecular formula is C19H17F3N2O4. The number of halogens is 3. The Morgan fingerprint density at radius 2 is 1.61 bits per heavy atom. The van der Waals surface area contributed by atoms with E-state index >= 15 is 0 Å². The van der Waals surface area contributed by atoms with E-state index in [1.54, 1.807) is 18.2 Å². The van der Waals surface area contributed by atoms with Gasteiger partial charge in [-0.25, -0.2) is 9.59 Å². The first-order valence-corrected chi connectivity index (χ1v) is 8.13. The number of amides is 3. The summed E-state index contributed by atoms with van der Waals surface area (Å²) in [4.78, 5) is 35.4. The fourth-order valence-electron chi connectivity index (χ4n) is 2.31. The summed E-state index contributed by atoms with van der Waals surface area (Å²) in [5, 5.41) is 4.17. The van der Waals surface area contributed by atoms with Crippen molar-refractivity contribution in [1.82, 2.24) is 10.6 Å². The Morgan fingerprint density at radius 1 is 1.00 bits per heavy atom. The molecule has 2 aromatic carbocycles. The van der Waals surface area contributed by atoms with Crippen LogP contribution in [0.25, 0.3) is 11.1 Å². The van der Waals surface area contributed by atoms with E-state index in [1.165, 1.54) is 32.2 Å². The summed E-state index contributed by atoms with van der Waals surface area (Å²) in [7, 11) is 1.32. The molecule has 0 unspecified atom stereocenters. The number of carbonyl (C=O) groups excluding carboxylic acids is 3. The third-order valence-electron chi connectivity index (χ3n) is 3.79. The normalized spacial score (nSPS) is 12.0. The molecule has 0 aliphatic heterocycles. The van der Waals surface area contributed by atoms with Crippen molar-refractivity contribution in [2.75, 3.05) is 7.05 Å². The number of benzene rings is 2. The van der Waals surface area contributed by atoms with Crippen molar-refractivity contribution >= 4 is 17.9 Å². The molecule has 0 saturated carbocycles. The van der Waals surface area contributed by atoms with Crippen molar-refractivity contribution in [3.05, 3.63) is 59.7 Å². The van der Waals surface area contributed by atoms with E-state index in [4.69, 9.17) is 4.74 Å². The van der Waals surface area contributed by atoms with Crippen LogP contribution in [0.3, 0.4) is 0 Å². The Labute approximate surface area is 158 Å². The highest BCUT2D eigenvalue weighted by molar-refractivity contribution is 6.00. The van der Waals surface area contributed by atoms with Crippen LogP contribution in [0.2, 0.25) is 0 Å². The second-order valence-corrected chi connectivity index (χ2v) is 5.74. The monoisotopic (exact) mass is 394 g/mol. The fraction of sp³-hybridized carbons (Fsp3) is 0.211. The summed E-state index contributed by atoms with van der Waals surface area (Å²) < 4.78 is 43.2. The van der Waals surface area contributed by atoms with Crippen LogP contribution in [-0.2, 0) is 15.7 Å². The van der Waals surface area contributed by atoms with Gasteiger partial charge in [0, 0.05) is 7.05 Å². The van der Waals surface area contributed by atoms with Gasteiger partial charge in [-0.05, 0) is 36.2 Å². The lowest BCUT2D eigenvalue weighted by Gasteiger charge is -2.15. The largest absolute Gasteiger partial charge is 0.449 e. The van der Waals surface area contributed by atoms with Crippen LogP contribution in [0.5, 0.6) is 0 Å². The molecule has 3 amide bonds. The quantitative estimate of drug-likeness (QED) is 0.779. The first kappa shape index (κ1) is 20.9. The van der Waals surface area contributed by atoms with E-state index in [1.807, 2.05) is 5.32 Å². The van der Waals surface area contributed by atoms with Crippen LogP contribution >= 0.6 is 0 Å². The number of ether oxygens (including phenoxy) is 1. The van der Waals surface area contributed by atoms with E-state index in [0.29, 0.717) is 11.1 Å². The van der Waals surface area contributed by atoms with E-state index in [0.717, 1.165) is 12.1 Å². The SMILES string of the molecule is CNC(=O)NC(=O)[C@@H](C)OC(=O)c1ccccc1-c1ccc(C(F)(F)F)cc1. The van der Waals surface area contributed by atoms with Gasteiger partial charge < -0.3 is 10.1 Å². The first-order valence-electron chi connectivity index (χ1n) is 8.13. The molecule has 0 radical (unpaired) electrons. The molecule has 0 aliphatic carbocycles. The molecule has 0 heterocycles. The molecule has 2 N–H and O–H groups in total. The standard InChI is InChI=1S/C19H17F3N2O4/c1-11(16(25)24-18(27)23-2)28-17(26)15-6-4-3-5-14(15)12-7-9-13(10-8-12)19(20,21)22/h3-11H,1-2H3,(H2,23,24,25,27)/t11-/m1/s1. The maximum Gasteiger partial charge on any atom is 0.416 e. The number of rotatable bonds is 4. The van der Waals surface area contributed by atoms with Crippen molar-refractivity contribution in [2.24, 2.45) is 0 Å². The Hall–Kier alpha value is -3.36. The molecule has 0 saturated heterocycles. The summed E-state index contributed by atoms with van der Waals surface area (Å²) >= 11 is 0. The van der Waals surface area contributed by atoms with E-state index in [-0.39, 0.29) is 5.56 Å². The molecule has 28 heavy (non-hydrogen) atoms. The number of imide groups is 1. The lowest BCUT2D eigenvalue weighted by molar-refractivity contribution is -0.137. The molecule has 0 aliphatic rings. The number of nitrogens with one attached hydrogen (secondary N) is 2. The summed E-state index contributed by atoms with van der Waals surface area (Å²) in [6.45, 7) is 1.29. The van der Waals surface area contributed by atoms with Gasteiger partial charge in [0.25, 0.3) is 5.91 Å². The number of hydrogen-bond acceptors (Lipinski definition) is 4. The lowest BCUT2D eigenvalue weighted by atomic mass is 9.98. The van der Waals surface area contributed by atoms with Crippen molar-refractivity contribution in [3.63, 3.8) is 0 Å². The molecule has 0 fully saturated rings. The van der Waals surface area contributed by atoms with Crippen molar-refractivity contribution in [1.29, 1.82) is 0 Å². The second kappa shape index (κ2) is 8.55. The maximum absolute atomic E-state index is 12.7. The molecule has 1 atom stereocenters. The predicted molar refractivity (Wildman–Crippen MR) is 94.4 cm³/mol. The van der Waals surface area contributed by atoms with E-state index in [9.17, 15) is 27.6 Å². The zero-order valence-corrected chi connectivity index (χ0v) is 15.0. The number of hydrogen-bond donors (Lipinski definition) is 2. The zero-order valence-electron chi connectivity index (χ0n) is 15.0. The van der Waals surface area contributed by atoms with Crippen molar-refractivity contribution in [3.8, 4) is 11.1 Å². The third kappa shape index (κ3) is 5.09. The number of urea groups is 1. The van der Waals surface area contributed by atoms with Gasteiger partial charge >= 0.3 is 18.2 Å². The Bertz CT molecular complexity index is 879. The van der Waals surface area contributed by atoms with Gasteiger partial charge in [-0.1, -0.05) is 30.3 Å². The molecule has 0 spiro atoms. The van der Waals surface area contributed by atoms with E-state index in [2.05, 4.69) is 5.32 Å². The van der Waals surface area contributed by atoms with Crippen LogP contribution in [0, 0.1) is 0 Å². The maximum atomic E-state index is 12.7. The molecule has 6 nitrogen and oxygen atoms in total. The molecular weight excluding hydrogens is 377 g/mol. The van der Waals surface area contributed by atoms with Crippen molar-refractivity contribution in [2.45, 2.75) is 19.2 Å². The molecule has 0 bridgehead atoms. The van der Waals surface area contributed by atoms with Crippen molar-refractivity contribution < 1.29 is 32.3 Å². The smallest absolute Gasteiger partial charge is 0.416 e. The Balaban J connectivity index is 2.22. The minimum absolute atomic E-state index is 0.0712. The molecule has 0 aromatic heterocycles. The first-order chi connectivity index (χ1) is 13.1. The van der Waals surface area contributed by atoms with Gasteiger partial charge in [0.05, 0.1) is 11.1 Å². The van der Waals surface area contributed by atoms with Gasteiger partial charge in [-0.15, -0.1) is 0 Å². The van der Waals surface area contributed by atoms with Gasteiger partial charge in [0.15, 0.2) is 6.10 Å². The molecule has 2 rings (SSSR count). The number of esters is 1. The minimum atomic E-state index is -4.47. The summed E-state index contributed by atoms with van der Waals surface area (Å²) in [5.41, 5.74) is -0.0131. The van der Waals surface area contributed by atoms with Crippen LogP contribution in [0.4, 0.5) is 18.0 Å². The zero-order chi connectivity index (χ0) is 20.9. The molecule has 9 heteroatoms. The van der Waals surface area contributed by atoms with Crippen LogP contribution < -0.4 is 10.6 Å². The summed E-state index contributed by atoms with van der Waals surface area (Å²) in [5.74, 6) is -1.67. The topological polar surface area (TPSA) is 84.5 Å². The fourth-order valence-corrected chi connectivity index (χ4v) is 2.31. The van der Waals surface area contributed by atoms with Gasteiger partial charge in [0.2, 0.25) is 0 Å². The highest BCUT2D eigenvalue weighted by atomic mass is 19.4. The number of carbonyl (C=O) groups is 3. The van der Waals surface area contributed by atoms with E-state index < -0.39 is 35.8 Å². The highest BCUT2D eigenvalue weighted by Crippen LogP contribution is 2.32. The van der Waals surface area contributed by atoms with Crippen LogP contribution in [-0.4, -0.2) is 31.1 Å². The Morgan fingerprint density at radius 3 is 2.18 bits per heavy atom.